The number of likely N-dealkylation sites (N-methyl/N-ethyl adjacent to an activating group) is 1. The summed E-state index contributed by atoms with van der Waals surface area (Å²) in [6.07, 6.45) is 1.22. The van der Waals surface area contributed by atoms with Gasteiger partial charge in [0.15, 0.2) is 5.78 Å². The van der Waals surface area contributed by atoms with Crippen LogP contribution < -0.4 is 5.32 Å². The lowest BCUT2D eigenvalue weighted by atomic mass is 10.1. The molecular formula is C10H18N2O2. The van der Waals surface area contributed by atoms with E-state index in [1.54, 1.807) is 11.8 Å². The maximum absolute atomic E-state index is 11.5. The second kappa shape index (κ2) is 4.55. The van der Waals surface area contributed by atoms with Crippen molar-refractivity contribution in [3.05, 3.63) is 0 Å². The van der Waals surface area contributed by atoms with E-state index < -0.39 is 0 Å². The summed E-state index contributed by atoms with van der Waals surface area (Å²) >= 11 is 0. The molecule has 1 aliphatic heterocycles. The van der Waals surface area contributed by atoms with Crippen LogP contribution in [0.1, 0.15) is 26.7 Å². The highest BCUT2D eigenvalue weighted by Crippen LogP contribution is 2.19. The highest BCUT2D eigenvalue weighted by molar-refractivity contribution is 5.88. The number of Topliss-reactive ketones (excluding diaryl/α,β-unsaturated/α-hetero) is 1. The number of carbonyl (C=O) groups excluding carboxylic acids is 2. The predicted octanol–water partition coefficient (Wildman–Crippen LogP) is 0.174. The molecule has 80 valence electrons. The number of nitrogens with zero attached hydrogens (tertiary/aromatic N) is 1. The standard InChI is InChI=1S/C10H18N2O2/c1-4-10(14)12-6-8(11-3)5-9(12)7(2)13/h8-9,11H,4-6H2,1-3H3. The molecule has 0 aromatic carbocycles. The zero-order valence-electron chi connectivity index (χ0n) is 9.04. The number of amides is 1. The topological polar surface area (TPSA) is 49.4 Å². The first kappa shape index (κ1) is 11.2. The quantitative estimate of drug-likeness (QED) is 0.703. The van der Waals surface area contributed by atoms with Crippen LogP contribution in [0.5, 0.6) is 0 Å². The van der Waals surface area contributed by atoms with Gasteiger partial charge >= 0.3 is 0 Å². The Balaban J connectivity index is 2.71. The van der Waals surface area contributed by atoms with E-state index in [0.717, 1.165) is 6.42 Å². The van der Waals surface area contributed by atoms with Crippen molar-refractivity contribution in [3.8, 4) is 0 Å². The van der Waals surface area contributed by atoms with Crippen molar-refractivity contribution in [1.82, 2.24) is 10.2 Å². The lowest BCUT2D eigenvalue weighted by molar-refractivity contribution is -0.136. The first-order valence-corrected chi connectivity index (χ1v) is 5.07. The van der Waals surface area contributed by atoms with E-state index in [1.807, 2.05) is 14.0 Å². The van der Waals surface area contributed by atoms with Crippen LogP contribution in [-0.4, -0.2) is 42.3 Å². The minimum absolute atomic E-state index is 0.0722. The summed E-state index contributed by atoms with van der Waals surface area (Å²) in [5.41, 5.74) is 0. The minimum atomic E-state index is -0.208. The first-order valence-electron chi connectivity index (χ1n) is 5.07. The highest BCUT2D eigenvalue weighted by Gasteiger charge is 2.36. The zero-order valence-corrected chi connectivity index (χ0v) is 9.04. The van der Waals surface area contributed by atoms with Crippen LogP contribution >= 0.6 is 0 Å². The van der Waals surface area contributed by atoms with Crippen LogP contribution in [0.2, 0.25) is 0 Å². The molecule has 0 aliphatic carbocycles. The van der Waals surface area contributed by atoms with E-state index in [2.05, 4.69) is 5.32 Å². The van der Waals surface area contributed by atoms with Gasteiger partial charge < -0.3 is 10.2 Å². The maximum Gasteiger partial charge on any atom is 0.222 e. The molecule has 1 aliphatic rings. The Morgan fingerprint density at radius 3 is 2.57 bits per heavy atom. The molecule has 2 atom stereocenters. The van der Waals surface area contributed by atoms with Crippen molar-refractivity contribution >= 4 is 11.7 Å². The number of hydrogen-bond acceptors (Lipinski definition) is 3. The van der Waals surface area contributed by atoms with E-state index in [1.165, 1.54) is 0 Å². The third-order valence-corrected chi connectivity index (χ3v) is 2.80. The molecule has 0 aromatic rings. The van der Waals surface area contributed by atoms with E-state index in [-0.39, 0.29) is 23.8 Å². The van der Waals surface area contributed by atoms with Gasteiger partial charge in [0.05, 0.1) is 6.04 Å². The van der Waals surface area contributed by atoms with Gasteiger partial charge in [-0.2, -0.15) is 0 Å². The minimum Gasteiger partial charge on any atom is -0.331 e. The second-order valence-corrected chi connectivity index (χ2v) is 3.75. The van der Waals surface area contributed by atoms with Crippen LogP contribution in [-0.2, 0) is 9.59 Å². The van der Waals surface area contributed by atoms with E-state index in [0.29, 0.717) is 13.0 Å². The summed E-state index contributed by atoms with van der Waals surface area (Å²) in [7, 11) is 1.86. The molecule has 1 fully saturated rings. The van der Waals surface area contributed by atoms with Gasteiger partial charge in [-0.1, -0.05) is 6.92 Å². The van der Waals surface area contributed by atoms with Crippen LogP contribution in [0.15, 0.2) is 0 Å². The van der Waals surface area contributed by atoms with Crippen LogP contribution in [0.4, 0.5) is 0 Å². The van der Waals surface area contributed by atoms with Crippen molar-refractivity contribution in [2.75, 3.05) is 13.6 Å². The third-order valence-electron chi connectivity index (χ3n) is 2.80. The monoisotopic (exact) mass is 198 g/mol. The average molecular weight is 198 g/mol. The molecule has 4 nitrogen and oxygen atoms in total. The summed E-state index contributed by atoms with van der Waals surface area (Å²) < 4.78 is 0. The van der Waals surface area contributed by atoms with Crippen molar-refractivity contribution in [1.29, 1.82) is 0 Å². The van der Waals surface area contributed by atoms with Gasteiger partial charge in [0, 0.05) is 19.0 Å². The van der Waals surface area contributed by atoms with Gasteiger partial charge in [0.1, 0.15) is 0 Å². The van der Waals surface area contributed by atoms with Crippen LogP contribution in [0, 0.1) is 0 Å². The maximum atomic E-state index is 11.5. The van der Waals surface area contributed by atoms with Gasteiger partial charge in [-0.15, -0.1) is 0 Å². The summed E-state index contributed by atoms with van der Waals surface area (Å²) in [6.45, 7) is 4.04. The molecule has 0 bridgehead atoms. The smallest absolute Gasteiger partial charge is 0.222 e. The third kappa shape index (κ3) is 2.12. The molecule has 1 saturated heterocycles. The highest BCUT2D eigenvalue weighted by atomic mass is 16.2. The molecule has 4 heteroatoms. The van der Waals surface area contributed by atoms with Crippen molar-refractivity contribution in [3.63, 3.8) is 0 Å². The summed E-state index contributed by atoms with van der Waals surface area (Å²) in [4.78, 5) is 24.6. The Hall–Kier alpha value is -0.900. The van der Waals surface area contributed by atoms with Crippen LogP contribution in [0.3, 0.4) is 0 Å². The van der Waals surface area contributed by atoms with Crippen molar-refractivity contribution < 1.29 is 9.59 Å². The summed E-state index contributed by atoms with van der Waals surface area (Å²) in [5, 5.41) is 3.11. The molecule has 0 aromatic heterocycles. The number of carbonyl (C=O) groups is 2. The largest absolute Gasteiger partial charge is 0.331 e. The molecule has 1 heterocycles. The number of rotatable bonds is 3. The molecule has 1 amide bonds. The molecular weight excluding hydrogens is 180 g/mol. The predicted molar refractivity (Wildman–Crippen MR) is 53.9 cm³/mol. The lowest BCUT2D eigenvalue weighted by Crippen LogP contribution is -2.39. The number of hydrogen-bond donors (Lipinski definition) is 1. The van der Waals surface area contributed by atoms with Gasteiger partial charge in [-0.3, -0.25) is 9.59 Å². The molecule has 0 radical (unpaired) electrons. The molecule has 14 heavy (non-hydrogen) atoms. The first-order chi connectivity index (χ1) is 6.60. The van der Waals surface area contributed by atoms with Gasteiger partial charge in [0.25, 0.3) is 0 Å². The Bertz CT molecular complexity index is 240. The molecule has 1 rings (SSSR count). The van der Waals surface area contributed by atoms with Gasteiger partial charge in [0.2, 0.25) is 5.91 Å². The fraction of sp³-hybridized carbons (Fsp3) is 0.800. The zero-order chi connectivity index (χ0) is 10.7. The fourth-order valence-electron chi connectivity index (χ4n) is 1.91. The molecule has 0 saturated carbocycles. The fourth-order valence-corrected chi connectivity index (χ4v) is 1.91. The number of nitrogens with one attached hydrogen (secondary N) is 1. The van der Waals surface area contributed by atoms with E-state index in [9.17, 15) is 9.59 Å². The Labute approximate surface area is 84.7 Å². The summed E-state index contributed by atoms with van der Waals surface area (Å²) in [6, 6.07) is 0.0549. The molecule has 0 spiro atoms. The number of likely N-dealkylation sites (tertiary alicyclic amines) is 1. The van der Waals surface area contributed by atoms with Crippen molar-refractivity contribution in [2.24, 2.45) is 0 Å². The SMILES string of the molecule is CCC(=O)N1CC(NC)CC1C(C)=O. The van der Waals surface area contributed by atoms with Crippen LogP contribution in [0.25, 0.3) is 0 Å². The Morgan fingerprint density at radius 1 is 1.50 bits per heavy atom. The molecule has 1 N–H and O–H groups in total. The Kier molecular flexibility index (Phi) is 3.63. The second-order valence-electron chi connectivity index (χ2n) is 3.75. The Morgan fingerprint density at radius 2 is 2.14 bits per heavy atom. The normalized spacial score (nSPS) is 26.6. The molecule has 2 unspecified atom stereocenters. The van der Waals surface area contributed by atoms with Crippen molar-refractivity contribution in [2.45, 2.75) is 38.8 Å². The number of ketones is 1. The lowest BCUT2D eigenvalue weighted by Gasteiger charge is -2.21. The van der Waals surface area contributed by atoms with Gasteiger partial charge in [-0.25, -0.2) is 0 Å². The average Bonchev–Trinajstić information content (AvgIpc) is 2.60. The van der Waals surface area contributed by atoms with E-state index in [4.69, 9.17) is 0 Å². The summed E-state index contributed by atoms with van der Waals surface area (Å²) in [5.74, 6) is 0.160. The van der Waals surface area contributed by atoms with Gasteiger partial charge in [-0.05, 0) is 20.4 Å². The van der Waals surface area contributed by atoms with E-state index >= 15 is 0 Å².